The number of benzene rings is 2. The fraction of sp³-hybridized carbons (Fsp3) is 0.273. The largest absolute Gasteiger partial charge is 0.309 e. The molecule has 0 atom stereocenters. The SMILES string of the molecule is Cc1ccccc1C(=O)N(CCCN(C)C)c1nc(-c2ccc(F)cc2)cs1. The van der Waals surface area contributed by atoms with Crippen molar-refractivity contribution in [1.82, 2.24) is 9.88 Å². The molecule has 0 N–H and O–H groups in total. The lowest BCUT2D eigenvalue weighted by atomic mass is 10.1. The topological polar surface area (TPSA) is 36.4 Å². The van der Waals surface area contributed by atoms with Crippen LogP contribution in [0.15, 0.2) is 53.9 Å². The van der Waals surface area contributed by atoms with Crippen LogP contribution in [0.3, 0.4) is 0 Å². The fourth-order valence-corrected chi connectivity index (χ4v) is 3.79. The molecule has 0 spiro atoms. The number of rotatable bonds is 7. The highest BCUT2D eigenvalue weighted by Gasteiger charge is 2.22. The highest BCUT2D eigenvalue weighted by atomic mass is 32.1. The first-order chi connectivity index (χ1) is 13.5. The maximum Gasteiger partial charge on any atom is 0.260 e. The van der Waals surface area contributed by atoms with Gasteiger partial charge in [0, 0.05) is 23.1 Å². The third kappa shape index (κ3) is 4.82. The van der Waals surface area contributed by atoms with Gasteiger partial charge in [-0.1, -0.05) is 18.2 Å². The molecule has 0 bridgehead atoms. The first kappa shape index (κ1) is 20.2. The van der Waals surface area contributed by atoms with E-state index < -0.39 is 0 Å². The van der Waals surface area contributed by atoms with Crippen molar-refractivity contribution in [2.24, 2.45) is 0 Å². The Kier molecular flexibility index (Phi) is 6.54. The number of halogens is 1. The second-order valence-electron chi connectivity index (χ2n) is 6.95. The number of aryl methyl sites for hydroxylation is 1. The minimum Gasteiger partial charge on any atom is -0.309 e. The maximum absolute atomic E-state index is 13.3. The van der Waals surface area contributed by atoms with E-state index in [0.717, 1.165) is 29.8 Å². The number of nitrogens with zero attached hydrogens (tertiary/aromatic N) is 3. The van der Waals surface area contributed by atoms with Gasteiger partial charge in [-0.15, -0.1) is 11.3 Å². The van der Waals surface area contributed by atoms with Gasteiger partial charge in [0.25, 0.3) is 5.91 Å². The minimum absolute atomic E-state index is 0.0446. The summed E-state index contributed by atoms with van der Waals surface area (Å²) < 4.78 is 13.2. The van der Waals surface area contributed by atoms with E-state index in [-0.39, 0.29) is 11.7 Å². The predicted molar refractivity (Wildman–Crippen MR) is 114 cm³/mol. The lowest BCUT2D eigenvalue weighted by Crippen LogP contribution is -2.33. The Morgan fingerprint density at radius 1 is 1.07 bits per heavy atom. The third-order valence-corrected chi connectivity index (χ3v) is 5.33. The van der Waals surface area contributed by atoms with Crippen LogP contribution in [0.4, 0.5) is 9.52 Å². The molecular formula is C22H24FN3OS. The van der Waals surface area contributed by atoms with Crippen molar-refractivity contribution in [1.29, 1.82) is 0 Å². The lowest BCUT2D eigenvalue weighted by Gasteiger charge is -2.22. The predicted octanol–water partition coefficient (Wildman–Crippen LogP) is 4.86. The van der Waals surface area contributed by atoms with Gasteiger partial charge < -0.3 is 4.90 Å². The molecule has 146 valence electrons. The van der Waals surface area contributed by atoms with Crippen LogP contribution >= 0.6 is 11.3 Å². The first-order valence-corrected chi connectivity index (χ1v) is 10.1. The summed E-state index contributed by atoms with van der Waals surface area (Å²) in [5.74, 6) is -0.323. The monoisotopic (exact) mass is 397 g/mol. The summed E-state index contributed by atoms with van der Waals surface area (Å²) in [6.45, 7) is 3.41. The van der Waals surface area contributed by atoms with Crippen LogP contribution in [-0.4, -0.2) is 43.0 Å². The number of anilines is 1. The van der Waals surface area contributed by atoms with Gasteiger partial charge in [-0.05, 0) is 69.9 Å². The van der Waals surface area contributed by atoms with Crippen molar-refractivity contribution in [3.63, 3.8) is 0 Å². The Labute approximate surface area is 169 Å². The summed E-state index contributed by atoms with van der Waals surface area (Å²) in [6.07, 6.45) is 0.843. The third-order valence-electron chi connectivity index (χ3n) is 4.47. The number of aromatic nitrogens is 1. The normalized spacial score (nSPS) is 11.0. The molecule has 4 nitrogen and oxygen atoms in total. The molecular weight excluding hydrogens is 373 g/mol. The van der Waals surface area contributed by atoms with Crippen molar-refractivity contribution in [2.45, 2.75) is 13.3 Å². The van der Waals surface area contributed by atoms with E-state index in [9.17, 15) is 9.18 Å². The maximum atomic E-state index is 13.3. The molecule has 0 saturated heterocycles. The van der Waals surface area contributed by atoms with Crippen molar-refractivity contribution >= 4 is 22.4 Å². The molecule has 0 saturated carbocycles. The highest BCUT2D eigenvalue weighted by Crippen LogP contribution is 2.29. The molecule has 3 rings (SSSR count). The van der Waals surface area contributed by atoms with Crippen LogP contribution in [0.25, 0.3) is 11.3 Å². The minimum atomic E-state index is -0.278. The molecule has 3 aromatic rings. The summed E-state index contributed by atoms with van der Waals surface area (Å²) in [4.78, 5) is 21.8. The van der Waals surface area contributed by atoms with E-state index in [1.54, 1.807) is 17.0 Å². The number of thiazole rings is 1. The molecule has 1 heterocycles. The Hall–Kier alpha value is -2.57. The number of hydrogen-bond acceptors (Lipinski definition) is 4. The molecule has 0 unspecified atom stereocenters. The van der Waals surface area contributed by atoms with E-state index >= 15 is 0 Å². The standard InChI is InChI=1S/C22H24FN3OS/c1-16-7-4-5-8-19(16)21(27)26(14-6-13-25(2)3)22-24-20(15-28-22)17-9-11-18(23)12-10-17/h4-5,7-12,15H,6,13-14H2,1-3H3. The van der Waals surface area contributed by atoms with Gasteiger partial charge >= 0.3 is 0 Å². The number of carbonyl (C=O) groups is 1. The summed E-state index contributed by atoms with van der Waals surface area (Å²) in [7, 11) is 4.03. The van der Waals surface area contributed by atoms with Crippen molar-refractivity contribution < 1.29 is 9.18 Å². The summed E-state index contributed by atoms with van der Waals surface area (Å²) in [5, 5.41) is 2.57. The summed E-state index contributed by atoms with van der Waals surface area (Å²) in [6, 6.07) is 13.8. The second-order valence-corrected chi connectivity index (χ2v) is 7.79. The Morgan fingerprint density at radius 3 is 2.46 bits per heavy atom. The summed E-state index contributed by atoms with van der Waals surface area (Å²) in [5.41, 5.74) is 3.21. The fourth-order valence-electron chi connectivity index (χ4n) is 2.93. The highest BCUT2D eigenvalue weighted by molar-refractivity contribution is 7.14. The van der Waals surface area contributed by atoms with Gasteiger partial charge in [0.05, 0.1) is 5.69 Å². The molecule has 0 aliphatic heterocycles. The van der Waals surface area contributed by atoms with Gasteiger partial charge in [-0.2, -0.15) is 0 Å². The number of hydrogen-bond donors (Lipinski definition) is 0. The Bertz CT molecular complexity index is 937. The first-order valence-electron chi connectivity index (χ1n) is 9.19. The van der Waals surface area contributed by atoms with Crippen molar-refractivity contribution in [3.8, 4) is 11.3 Å². The number of amides is 1. The molecule has 0 radical (unpaired) electrons. The Morgan fingerprint density at radius 2 is 1.79 bits per heavy atom. The van der Waals surface area contributed by atoms with Crippen molar-refractivity contribution in [2.75, 3.05) is 32.1 Å². The lowest BCUT2D eigenvalue weighted by molar-refractivity contribution is 0.0985. The van der Waals surface area contributed by atoms with Crippen LogP contribution in [0.5, 0.6) is 0 Å². The van der Waals surface area contributed by atoms with Crippen LogP contribution in [0.2, 0.25) is 0 Å². The zero-order valence-corrected chi connectivity index (χ0v) is 17.2. The van der Waals surface area contributed by atoms with E-state index in [1.807, 2.05) is 50.7 Å². The average Bonchev–Trinajstić information content (AvgIpc) is 3.15. The van der Waals surface area contributed by atoms with Crippen LogP contribution in [0.1, 0.15) is 22.3 Å². The van der Waals surface area contributed by atoms with Gasteiger partial charge in [-0.3, -0.25) is 9.69 Å². The van der Waals surface area contributed by atoms with E-state index in [2.05, 4.69) is 9.88 Å². The van der Waals surface area contributed by atoms with Crippen molar-refractivity contribution in [3.05, 3.63) is 70.9 Å². The van der Waals surface area contributed by atoms with Gasteiger partial charge in [0.15, 0.2) is 5.13 Å². The van der Waals surface area contributed by atoms with Crippen LogP contribution in [0, 0.1) is 12.7 Å². The quantitative estimate of drug-likeness (QED) is 0.571. The molecule has 0 aliphatic carbocycles. The smallest absolute Gasteiger partial charge is 0.260 e. The number of carbonyl (C=O) groups excluding carboxylic acids is 1. The second kappa shape index (κ2) is 9.08. The average molecular weight is 398 g/mol. The molecule has 2 aromatic carbocycles. The van der Waals surface area contributed by atoms with Gasteiger partial charge in [0.1, 0.15) is 5.82 Å². The van der Waals surface area contributed by atoms with Crippen LogP contribution < -0.4 is 4.90 Å². The zero-order valence-electron chi connectivity index (χ0n) is 16.4. The van der Waals surface area contributed by atoms with E-state index in [4.69, 9.17) is 0 Å². The Balaban J connectivity index is 1.89. The van der Waals surface area contributed by atoms with E-state index in [1.165, 1.54) is 23.5 Å². The van der Waals surface area contributed by atoms with Gasteiger partial charge in [0.2, 0.25) is 0 Å². The van der Waals surface area contributed by atoms with E-state index in [0.29, 0.717) is 17.2 Å². The van der Waals surface area contributed by atoms with Crippen LogP contribution in [-0.2, 0) is 0 Å². The molecule has 1 aromatic heterocycles. The zero-order chi connectivity index (χ0) is 20.1. The molecule has 1 amide bonds. The summed E-state index contributed by atoms with van der Waals surface area (Å²) >= 11 is 1.43. The molecule has 6 heteroatoms. The molecule has 0 fully saturated rings. The molecule has 0 aliphatic rings. The van der Waals surface area contributed by atoms with Gasteiger partial charge in [-0.25, -0.2) is 9.37 Å². The molecule has 28 heavy (non-hydrogen) atoms.